The van der Waals surface area contributed by atoms with Gasteiger partial charge < -0.3 is 4.57 Å². The third-order valence-corrected chi connectivity index (χ3v) is 4.17. The van der Waals surface area contributed by atoms with E-state index >= 15 is 0 Å². The Bertz CT molecular complexity index is 759. The zero-order valence-corrected chi connectivity index (χ0v) is 13.3. The number of hydrogen-bond acceptors (Lipinski definition) is 1. The van der Waals surface area contributed by atoms with E-state index in [1.165, 1.54) is 11.1 Å². The Kier molecular flexibility index (Phi) is 3.73. The summed E-state index contributed by atoms with van der Waals surface area (Å²) < 4.78 is 2.26. The molecule has 0 bridgehead atoms. The highest BCUT2D eigenvalue weighted by Gasteiger charge is 2.20. The summed E-state index contributed by atoms with van der Waals surface area (Å²) >= 11 is 6.38. The van der Waals surface area contributed by atoms with Crippen LogP contribution in [0.4, 0.5) is 0 Å². The van der Waals surface area contributed by atoms with E-state index in [-0.39, 0.29) is 11.4 Å². The summed E-state index contributed by atoms with van der Waals surface area (Å²) in [7, 11) is 0. The summed E-state index contributed by atoms with van der Waals surface area (Å²) in [5, 5.41) is -0.122. The molecule has 108 valence electrons. The molecule has 0 saturated carbocycles. The minimum atomic E-state index is -0.122. The molecule has 0 radical (unpaired) electrons. The van der Waals surface area contributed by atoms with Crippen molar-refractivity contribution in [3.63, 3.8) is 0 Å². The molecule has 2 aromatic carbocycles. The molecule has 2 atom stereocenters. The van der Waals surface area contributed by atoms with Crippen molar-refractivity contribution in [1.82, 2.24) is 9.55 Å². The quantitative estimate of drug-likeness (QED) is 0.604. The number of imidazole rings is 1. The molecule has 3 aromatic rings. The number of fused-ring (bicyclic) bond motifs is 1. The van der Waals surface area contributed by atoms with Crippen LogP contribution in [0.3, 0.4) is 0 Å². The molecular weight excluding hydrogens is 280 g/mol. The van der Waals surface area contributed by atoms with Gasteiger partial charge in [-0.1, -0.05) is 42.5 Å². The number of aryl methyl sites for hydroxylation is 1. The highest BCUT2D eigenvalue weighted by atomic mass is 35.5. The average Bonchev–Trinajstić information content (AvgIpc) is 2.88. The summed E-state index contributed by atoms with van der Waals surface area (Å²) in [6, 6.07) is 17.0. The van der Waals surface area contributed by atoms with Gasteiger partial charge in [-0.3, -0.25) is 0 Å². The first-order valence-electron chi connectivity index (χ1n) is 7.26. The first kappa shape index (κ1) is 14.2. The lowest BCUT2D eigenvalue weighted by Gasteiger charge is -2.19. The zero-order valence-electron chi connectivity index (χ0n) is 12.5. The van der Waals surface area contributed by atoms with Gasteiger partial charge in [-0.25, -0.2) is 4.98 Å². The van der Waals surface area contributed by atoms with Crippen LogP contribution in [0.15, 0.2) is 48.5 Å². The minimum Gasteiger partial charge on any atom is -0.319 e. The van der Waals surface area contributed by atoms with Gasteiger partial charge in [0.1, 0.15) is 5.82 Å². The fraction of sp³-hybridized carbons (Fsp3) is 0.278. The SMILES string of the molecule is Cc1cccc2c1nc(C(C)Cl)n2C(C)c1ccccc1. The summed E-state index contributed by atoms with van der Waals surface area (Å²) in [5.74, 6) is 0.928. The maximum Gasteiger partial charge on any atom is 0.128 e. The van der Waals surface area contributed by atoms with Gasteiger partial charge in [-0.15, -0.1) is 11.6 Å². The highest BCUT2D eigenvalue weighted by molar-refractivity contribution is 6.20. The Labute approximate surface area is 130 Å². The van der Waals surface area contributed by atoms with E-state index in [9.17, 15) is 0 Å². The number of para-hydroxylation sites is 1. The molecule has 0 aliphatic rings. The lowest BCUT2D eigenvalue weighted by molar-refractivity contribution is 0.618. The van der Waals surface area contributed by atoms with Gasteiger partial charge in [0.2, 0.25) is 0 Å². The smallest absolute Gasteiger partial charge is 0.128 e. The zero-order chi connectivity index (χ0) is 15.0. The monoisotopic (exact) mass is 298 g/mol. The van der Waals surface area contributed by atoms with E-state index < -0.39 is 0 Å². The van der Waals surface area contributed by atoms with Crippen molar-refractivity contribution in [3.8, 4) is 0 Å². The molecule has 21 heavy (non-hydrogen) atoms. The Hall–Kier alpha value is -1.80. The van der Waals surface area contributed by atoms with Crippen molar-refractivity contribution in [2.75, 3.05) is 0 Å². The number of alkyl halides is 1. The van der Waals surface area contributed by atoms with Crippen molar-refractivity contribution < 1.29 is 0 Å². The molecule has 0 fully saturated rings. The summed E-state index contributed by atoms with van der Waals surface area (Å²) in [5.41, 5.74) is 4.64. The van der Waals surface area contributed by atoms with Crippen molar-refractivity contribution in [2.45, 2.75) is 32.2 Å². The van der Waals surface area contributed by atoms with Crippen LogP contribution in [0.1, 0.15) is 42.2 Å². The van der Waals surface area contributed by atoms with Gasteiger partial charge >= 0.3 is 0 Å². The van der Waals surface area contributed by atoms with Crippen LogP contribution in [0.2, 0.25) is 0 Å². The molecule has 0 aliphatic carbocycles. The van der Waals surface area contributed by atoms with Crippen molar-refractivity contribution in [1.29, 1.82) is 0 Å². The van der Waals surface area contributed by atoms with Crippen LogP contribution in [0.25, 0.3) is 11.0 Å². The third kappa shape index (κ3) is 2.44. The Morgan fingerprint density at radius 1 is 1.00 bits per heavy atom. The lowest BCUT2D eigenvalue weighted by atomic mass is 10.1. The number of hydrogen-bond donors (Lipinski definition) is 0. The van der Waals surface area contributed by atoms with Crippen molar-refractivity contribution in [3.05, 3.63) is 65.5 Å². The van der Waals surface area contributed by atoms with Gasteiger partial charge in [0.05, 0.1) is 22.5 Å². The van der Waals surface area contributed by atoms with E-state index in [1.54, 1.807) is 0 Å². The summed E-state index contributed by atoms with van der Waals surface area (Å²) in [6.45, 7) is 6.27. The average molecular weight is 299 g/mol. The fourth-order valence-corrected chi connectivity index (χ4v) is 3.00. The molecule has 3 heteroatoms. The summed E-state index contributed by atoms with van der Waals surface area (Å²) in [6.07, 6.45) is 0. The number of aromatic nitrogens is 2. The van der Waals surface area contributed by atoms with Crippen molar-refractivity contribution >= 4 is 22.6 Å². The van der Waals surface area contributed by atoms with E-state index in [0.717, 1.165) is 16.9 Å². The van der Waals surface area contributed by atoms with Crippen LogP contribution in [-0.4, -0.2) is 9.55 Å². The van der Waals surface area contributed by atoms with Crippen LogP contribution >= 0.6 is 11.6 Å². The molecular formula is C18H19ClN2. The van der Waals surface area contributed by atoms with Gasteiger partial charge in [-0.05, 0) is 38.0 Å². The Morgan fingerprint density at radius 3 is 2.38 bits per heavy atom. The fourth-order valence-electron chi connectivity index (χ4n) is 2.84. The van der Waals surface area contributed by atoms with E-state index in [4.69, 9.17) is 16.6 Å². The molecule has 0 saturated heterocycles. The molecule has 3 rings (SSSR count). The van der Waals surface area contributed by atoms with E-state index in [1.807, 2.05) is 13.0 Å². The molecule has 1 heterocycles. The molecule has 1 aromatic heterocycles. The first-order chi connectivity index (χ1) is 10.1. The molecule has 0 spiro atoms. The normalized spacial score (nSPS) is 14.3. The first-order valence-corrected chi connectivity index (χ1v) is 7.69. The largest absolute Gasteiger partial charge is 0.319 e. The number of benzene rings is 2. The predicted molar refractivity (Wildman–Crippen MR) is 89.0 cm³/mol. The molecule has 2 nitrogen and oxygen atoms in total. The second-order valence-electron chi connectivity index (χ2n) is 5.49. The number of rotatable bonds is 3. The minimum absolute atomic E-state index is 0.122. The number of nitrogens with zero attached hydrogens (tertiary/aromatic N) is 2. The van der Waals surface area contributed by atoms with Gasteiger partial charge in [0.15, 0.2) is 0 Å². The van der Waals surface area contributed by atoms with Gasteiger partial charge in [0, 0.05) is 0 Å². The van der Waals surface area contributed by atoms with E-state index in [0.29, 0.717) is 0 Å². The molecule has 2 unspecified atom stereocenters. The molecule has 0 N–H and O–H groups in total. The van der Waals surface area contributed by atoms with Crippen LogP contribution < -0.4 is 0 Å². The number of halogens is 1. The predicted octanol–water partition coefficient (Wildman–Crippen LogP) is 5.25. The second kappa shape index (κ2) is 5.53. The maximum atomic E-state index is 6.38. The Morgan fingerprint density at radius 2 is 1.71 bits per heavy atom. The second-order valence-corrected chi connectivity index (χ2v) is 6.14. The van der Waals surface area contributed by atoms with Crippen LogP contribution in [-0.2, 0) is 0 Å². The Balaban J connectivity index is 2.25. The van der Waals surface area contributed by atoms with Gasteiger partial charge in [-0.2, -0.15) is 0 Å². The van der Waals surface area contributed by atoms with Crippen molar-refractivity contribution in [2.24, 2.45) is 0 Å². The topological polar surface area (TPSA) is 17.8 Å². The van der Waals surface area contributed by atoms with Gasteiger partial charge in [0.25, 0.3) is 0 Å². The third-order valence-electron chi connectivity index (χ3n) is 3.97. The molecule has 0 aliphatic heterocycles. The van der Waals surface area contributed by atoms with Crippen LogP contribution in [0, 0.1) is 6.92 Å². The molecule has 0 amide bonds. The highest BCUT2D eigenvalue weighted by Crippen LogP contribution is 2.31. The maximum absolute atomic E-state index is 6.38. The lowest BCUT2D eigenvalue weighted by Crippen LogP contribution is -2.11. The standard InChI is InChI=1S/C18H19ClN2/c1-12-8-7-11-16-17(12)20-18(13(2)19)21(16)14(3)15-9-5-4-6-10-15/h4-11,13-14H,1-3H3. The summed E-state index contributed by atoms with van der Waals surface area (Å²) in [4.78, 5) is 4.79. The van der Waals surface area contributed by atoms with Crippen LogP contribution in [0.5, 0.6) is 0 Å². The van der Waals surface area contributed by atoms with E-state index in [2.05, 4.69) is 60.9 Å².